The van der Waals surface area contributed by atoms with Crippen LogP contribution in [0, 0.1) is 0 Å². The van der Waals surface area contributed by atoms with Crippen LogP contribution in [0.3, 0.4) is 0 Å². The summed E-state index contributed by atoms with van der Waals surface area (Å²) in [6.45, 7) is 5.24. The predicted molar refractivity (Wildman–Crippen MR) is 69.0 cm³/mol. The molecule has 1 aromatic rings. The number of amides is 1. The van der Waals surface area contributed by atoms with Crippen LogP contribution in [-0.4, -0.2) is 25.2 Å². The topological polar surface area (TPSA) is 47.6 Å². The summed E-state index contributed by atoms with van der Waals surface area (Å²) >= 11 is 0. The van der Waals surface area contributed by atoms with Crippen molar-refractivity contribution in [1.82, 2.24) is 5.32 Å². The van der Waals surface area contributed by atoms with Gasteiger partial charge in [-0.2, -0.15) is 0 Å². The first kappa shape index (κ1) is 12.7. The van der Waals surface area contributed by atoms with Gasteiger partial charge in [0.2, 0.25) is 5.91 Å². The summed E-state index contributed by atoms with van der Waals surface area (Å²) in [5.41, 5.74) is 0.942. The van der Waals surface area contributed by atoms with E-state index in [9.17, 15) is 4.79 Å². The van der Waals surface area contributed by atoms with Crippen molar-refractivity contribution in [2.45, 2.75) is 32.7 Å². The number of hydrogen-bond donors (Lipinski definition) is 1. The second kappa shape index (κ2) is 5.76. The number of rotatable bonds is 3. The van der Waals surface area contributed by atoms with Crippen molar-refractivity contribution in [3.63, 3.8) is 0 Å². The van der Waals surface area contributed by atoms with E-state index in [0.29, 0.717) is 19.6 Å². The van der Waals surface area contributed by atoms with Gasteiger partial charge in [-0.15, -0.1) is 0 Å². The number of carbonyl (C=O) groups is 1. The zero-order valence-corrected chi connectivity index (χ0v) is 10.9. The van der Waals surface area contributed by atoms with E-state index < -0.39 is 0 Å². The molecule has 0 unspecified atom stereocenters. The Morgan fingerprint density at radius 2 is 2.00 bits per heavy atom. The van der Waals surface area contributed by atoms with Crippen molar-refractivity contribution < 1.29 is 14.3 Å². The molecule has 1 aliphatic rings. The average molecular weight is 249 g/mol. The van der Waals surface area contributed by atoms with Crippen LogP contribution in [0.2, 0.25) is 0 Å². The molecule has 0 saturated heterocycles. The average Bonchev–Trinajstić information content (AvgIpc) is 2.52. The van der Waals surface area contributed by atoms with Crippen molar-refractivity contribution in [3.05, 3.63) is 23.8 Å². The van der Waals surface area contributed by atoms with E-state index in [0.717, 1.165) is 23.5 Å². The lowest BCUT2D eigenvalue weighted by atomic mass is 10.1. The first-order chi connectivity index (χ1) is 8.65. The molecule has 0 spiro atoms. The molecule has 0 radical (unpaired) electrons. The van der Waals surface area contributed by atoms with Gasteiger partial charge >= 0.3 is 0 Å². The summed E-state index contributed by atoms with van der Waals surface area (Å²) in [4.78, 5) is 11.7. The third-order valence-corrected chi connectivity index (χ3v) is 2.63. The number of carbonyl (C=O) groups excluding carboxylic acids is 1. The molecule has 18 heavy (non-hydrogen) atoms. The molecule has 0 aliphatic carbocycles. The van der Waals surface area contributed by atoms with Crippen LogP contribution in [0.1, 0.15) is 25.8 Å². The van der Waals surface area contributed by atoms with E-state index >= 15 is 0 Å². The third-order valence-electron chi connectivity index (χ3n) is 2.63. The molecule has 98 valence electrons. The Labute approximate surface area is 107 Å². The van der Waals surface area contributed by atoms with Crippen molar-refractivity contribution >= 4 is 5.91 Å². The largest absolute Gasteiger partial charge is 0.490 e. The van der Waals surface area contributed by atoms with Gasteiger partial charge in [0.05, 0.1) is 19.6 Å². The van der Waals surface area contributed by atoms with Gasteiger partial charge in [-0.25, -0.2) is 0 Å². The van der Waals surface area contributed by atoms with Gasteiger partial charge in [0, 0.05) is 12.5 Å². The van der Waals surface area contributed by atoms with E-state index in [4.69, 9.17) is 9.47 Å². The van der Waals surface area contributed by atoms with E-state index in [-0.39, 0.29) is 11.9 Å². The van der Waals surface area contributed by atoms with Crippen LogP contribution < -0.4 is 14.8 Å². The minimum Gasteiger partial charge on any atom is -0.490 e. The minimum atomic E-state index is 0.0273. The Bertz CT molecular complexity index is 429. The number of benzene rings is 1. The van der Waals surface area contributed by atoms with Crippen LogP contribution in [0.5, 0.6) is 11.5 Å². The molecule has 1 aliphatic heterocycles. The Morgan fingerprint density at radius 1 is 1.28 bits per heavy atom. The van der Waals surface area contributed by atoms with Crippen LogP contribution in [0.4, 0.5) is 0 Å². The summed E-state index contributed by atoms with van der Waals surface area (Å²) < 4.78 is 11.1. The molecule has 0 atom stereocenters. The molecule has 1 amide bonds. The SMILES string of the molecule is CC(C)NC(=O)Cc1ccc2c(c1)OCCCO2. The molecule has 1 N–H and O–H groups in total. The monoisotopic (exact) mass is 249 g/mol. The second-order valence-corrected chi connectivity index (χ2v) is 4.73. The maximum Gasteiger partial charge on any atom is 0.224 e. The van der Waals surface area contributed by atoms with Crippen molar-refractivity contribution in [2.24, 2.45) is 0 Å². The quantitative estimate of drug-likeness (QED) is 0.890. The fraction of sp³-hybridized carbons (Fsp3) is 0.500. The highest BCUT2D eigenvalue weighted by molar-refractivity contribution is 5.79. The standard InChI is InChI=1S/C14H19NO3/c1-10(2)15-14(16)9-11-4-5-12-13(8-11)18-7-3-6-17-12/h4-5,8,10H,3,6-7,9H2,1-2H3,(H,15,16). The molecule has 0 fully saturated rings. The lowest BCUT2D eigenvalue weighted by Crippen LogP contribution is -2.31. The molecule has 0 saturated carbocycles. The molecule has 0 bridgehead atoms. The Balaban J connectivity index is 2.06. The van der Waals surface area contributed by atoms with Crippen LogP contribution in [0.25, 0.3) is 0 Å². The molecular formula is C14H19NO3. The second-order valence-electron chi connectivity index (χ2n) is 4.73. The maximum absolute atomic E-state index is 11.7. The molecule has 4 heteroatoms. The third kappa shape index (κ3) is 3.39. The van der Waals surface area contributed by atoms with Gasteiger partial charge in [-0.1, -0.05) is 6.07 Å². The van der Waals surface area contributed by atoms with E-state index in [2.05, 4.69) is 5.32 Å². The molecular weight excluding hydrogens is 230 g/mol. The highest BCUT2D eigenvalue weighted by Gasteiger charge is 2.12. The zero-order chi connectivity index (χ0) is 13.0. The number of fused-ring (bicyclic) bond motifs is 1. The molecule has 4 nitrogen and oxygen atoms in total. The fourth-order valence-corrected chi connectivity index (χ4v) is 1.88. The van der Waals surface area contributed by atoms with E-state index in [1.165, 1.54) is 0 Å². The van der Waals surface area contributed by atoms with E-state index in [1.807, 2.05) is 32.0 Å². The summed E-state index contributed by atoms with van der Waals surface area (Å²) in [7, 11) is 0. The Morgan fingerprint density at radius 3 is 2.72 bits per heavy atom. The van der Waals surface area contributed by atoms with Crippen LogP contribution in [0.15, 0.2) is 18.2 Å². The maximum atomic E-state index is 11.7. The molecule has 1 aromatic carbocycles. The summed E-state index contributed by atoms with van der Waals surface area (Å²) in [5.74, 6) is 1.53. The Kier molecular flexibility index (Phi) is 4.07. The molecule has 2 rings (SSSR count). The summed E-state index contributed by atoms with van der Waals surface area (Å²) in [6.07, 6.45) is 1.26. The van der Waals surface area contributed by atoms with Crippen molar-refractivity contribution in [2.75, 3.05) is 13.2 Å². The summed E-state index contributed by atoms with van der Waals surface area (Å²) in [5, 5.41) is 2.87. The highest BCUT2D eigenvalue weighted by atomic mass is 16.5. The smallest absolute Gasteiger partial charge is 0.224 e. The van der Waals surface area contributed by atoms with Gasteiger partial charge in [0.1, 0.15) is 0 Å². The normalized spacial score (nSPS) is 14.2. The number of hydrogen-bond acceptors (Lipinski definition) is 3. The predicted octanol–water partition coefficient (Wildman–Crippen LogP) is 1.91. The lowest BCUT2D eigenvalue weighted by molar-refractivity contribution is -0.120. The minimum absolute atomic E-state index is 0.0273. The number of ether oxygens (including phenoxy) is 2. The van der Waals surface area contributed by atoms with Crippen molar-refractivity contribution in [3.8, 4) is 11.5 Å². The van der Waals surface area contributed by atoms with Crippen LogP contribution in [-0.2, 0) is 11.2 Å². The van der Waals surface area contributed by atoms with Gasteiger partial charge in [-0.3, -0.25) is 4.79 Å². The lowest BCUT2D eigenvalue weighted by Gasteiger charge is -2.11. The molecule has 0 aromatic heterocycles. The van der Waals surface area contributed by atoms with Gasteiger partial charge < -0.3 is 14.8 Å². The first-order valence-corrected chi connectivity index (χ1v) is 6.33. The first-order valence-electron chi connectivity index (χ1n) is 6.33. The van der Waals surface area contributed by atoms with Crippen molar-refractivity contribution in [1.29, 1.82) is 0 Å². The van der Waals surface area contributed by atoms with E-state index in [1.54, 1.807) is 0 Å². The number of nitrogens with one attached hydrogen (secondary N) is 1. The highest BCUT2D eigenvalue weighted by Crippen LogP contribution is 2.30. The van der Waals surface area contributed by atoms with Crippen LogP contribution >= 0.6 is 0 Å². The van der Waals surface area contributed by atoms with Gasteiger partial charge in [0.25, 0.3) is 0 Å². The summed E-state index contributed by atoms with van der Waals surface area (Å²) in [6, 6.07) is 5.84. The van der Waals surface area contributed by atoms with Gasteiger partial charge in [0.15, 0.2) is 11.5 Å². The fourth-order valence-electron chi connectivity index (χ4n) is 1.88. The molecule has 1 heterocycles. The zero-order valence-electron chi connectivity index (χ0n) is 10.9. The van der Waals surface area contributed by atoms with Gasteiger partial charge in [-0.05, 0) is 31.5 Å². The Hall–Kier alpha value is -1.71.